The van der Waals surface area contributed by atoms with Crippen molar-refractivity contribution < 1.29 is 9.26 Å². The first-order valence-electron chi connectivity index (χ1n) is 8.53. The standard InChI is InChI=1S/C19H20N4O2/c1-2-24-19-16(8-5-10-20-19)18-21-17(25-22-18)13-23-11-9-14-6-3-4-7-15(14)12-23/h3-8,10H,2,9,11-13H2,1H3. The number of hydrogen-bond acceptors (Lipinski definition) is 6. The molecule has 2 aromatic heterocycles. The minimum Gasteiger partial charge on any atom is -0.477 e. The molecule has 0 atom stereocenters. The predicted octanol–water partition coefficient (Wildman–Crippen LogP) is 3.09. The largest absolute Gasteiger partial charge is 0.477 e. The lowest BCUT2D eigenvalue weighted by atomic mass is 10.00. The summed E-state index contributed by atoms with van der Waals surface area (Å²) in [6, 6.07) is 12.3. The van der Waals surface area contributed by atoms with Gasteiger partial charge in [-0.2, -0.15) is 4.98 Å². The van der Waals surface area contributed by atoms with Gasteiger partial charge in [0.2, 0.25) is 17.6 Å². The quantitative estimate of drug-likeness (QED) is 0.713. The van der Waals surface area contributed by atoms with E-state index < -0.39 is 0 Å². The second-order valence-corrected chi connectivity index (χ2v) is 6.03. The van der Waals surface area contributed by atoms with Crippen LogP contribution in [0.25, 0.3) is 11.4 Å². The van der Waals surface area contributed by atoms with Crippen molar-refractivity contribution in [1.29, 1.82) is 0 Å². The molecular weight excluding hydrogens is 316 g/mol. The first kappa shape index (κ1) is 15.8. The number of ether oxygens (including phenoxy) is 1. The monoisotopic (exact) mass is 336 g/mol. The summed E-state index contributed by atoms with van der Waals surface area (Å²) < 4.78 is 11.0. The van der Waals surface area contributed by atoms with E-state index in [9.17, 15) is 0 Å². The lowest BCUT2D eigenvalue weighted by molar-refractivity contribution is 0.210. The Kier molecular flexibility index (Phi) is 4.43. The molecule has 0 amide bonds. The maximum atomic E-state index is 5.55. The summed E-state index contributed by atoms with van der Waals surface area (Å²) in [6.07, 6.45) is 2.74. The Morgan fingerprint density at radius 3 is 2.92 bits per heavy atom. The van der Waals surface area contributed by atoms with Gasteiger partial charge in [-0.15, -0.1) is 0 Å². The van der Waals surface area contributed by atoms with Gasteiger partial charge >= 0.3 is 0 Å². The van der Waals surface area contributed by atoms with E-state index >= 15 is 0 Å². The van der Waals surface area contributed by atoms with Crippen LogP contribution < -0.4 is 4.74 Å². The zero-order valence-electron chi connectivity index (χ0n) is 14.2. The third-order valence-corrected chi connectivity index (χ3v) is 4.33. The van der Waals surface area contributed by atoms with Crippen molar-refractivity contribution in [2.24, 2.45) is 0 Å². The molecule has 4 rings (SSSR count). The number of pyridine rings is 1. The highest BCUT2D eigenvalue weighted by molar-refractivity contribution is 5.60. The summed E-state index contributed by atoms with van der Waals surface area (Å²) in [5.74, 6) is 1.66. The summed E-state index contributed by atoms with van der Waals surface area (Å²) in [4.78, 5) is 11.1. The van der Waals surface area contributed by atoms with Crippen LogP contribution in [0.2, 0.25) is 0 Å². The highest BCUT2D eigenvalue weighted by Crippen LogP contribution is 2.26. The molecule has 6 nitrogen and oxygen atoms in total. The van der Waals surface area contributed by atoms with Crippen molar-refractivity contribution in [3.63, 3.8) is 0 Å². The zero-order chi connectivity index (χ0) is 17.1. The molecule has 1 aromatic carbocycles. The van der Waals surface area contributed by atoms with E-state index in [4.69, 9.17) is 9.26 Å². The van der Waals surface area contributed by atoms with Crippen molar-refractivity contribution in [3.8, 4) is 17.3 Å². The number of benzene rings is 1. The van der Waals surface area contributed by atoms with Crippen LogP contribution in [0.15, 0.2) is 47.1 Å². The van der Waals surface area contributed by atoms with Gasteiger partial charge in [0.05, 0.1) is 18.7 Å². The highest BCUT2D eigenvalue weighted by Gasteiger charge is 2.19. The summed E-state index contributed by atoms with van der Waals surface area (Å²) in [5, 5.41) is 4.11. The fourth-order valence-electron chi connectivity index (χ4n) is 3.12. The van der Waals surface area contributed by atoms with Crippen molar-refractivity contribution in [2.45, 2.75) is 26.4 Å². The summed E-state index contributed by atoms with van der Waals surface area (Å²) >= 11 is 0. The molecule has 0 bridgehead atoms. The van der Waals surface area contributed by atoms with E-state index in [1.54, 1.807) is 6.20 Å². The van der Waals surface area contributed by atoms with E-state index in [1.807, 2.05) is 19.1 Å². The molecule has 1 aliphatic rings. The number of fused-ring (bicyclic) bond motifs is 1. The van der Waals surface area contributed by atoms with E-state index in [0.717, 1.165) is 25.1 Å². The number of nitrogens with zero attached hydrogens (tertiary/aromatic N) is 4. The molecule has 0 saturated heterocycles. The maximum absolute atomic E-state index is 5.55. The SMILES string of the molecule is CCOc1ncccc1-c1noc(CN2CCc3ccccc3C2)n1. The molecule has 0 unspecified atom stereocenters. The van der Waals surface area contributed by atoms with Crippen LogP contribution >= 0.6 is 0 Å². The van der Waals surface area contributed by atoms with Crippen molar-refractivity contribution in [2.75, 3.05) is 13.2 Å². The normalized spacial score (nSPS) is 14.3. The second-order valence-electron chi connectivity index (χ2n) is 6.03. The fraction of sp³-hybridized carbons (Fsp3) is 0.316. The minimum absolute atomic E-state index is 0.518. The molecule has 128 valence electrons. The Hall–Kier alpha value is -2.73. The minimum atomic E-state index is 0.518. The Bertz CT molecular complexity index is 862. The fourth-order valence-corrected chi connectivity index (χ4v) is 3.12. The molecule has 0 radical (unpaired) electrons. The lowest BCUT2D eigenvalue weighted by Gasteiger charge is -2.27. The van der Waals surface area contributed by atoms with Gasteiger partial charge in [0, 0.05) is 19.3 Å². The molecule has 3 aromatic rings. The Morgan fingerprint density at radius 1 is 1.16 bits per heavy atom. The molecule has 0 fully saturated rings. The van der Waals surface area contributed by atoms with Crippen molar-refractivity contribution >= 4 is 0 Å². The maximum Gasteiger partial charge on any atom is 0.241 e. The van der Waals surface area contributed by atoms with Crippen LogP contribution in [0.4, 0.5) is 0 Å². The molecule has 1 aliphatic heterocycles. The van der Waals surface area contributed by atoms with Crippen LogP contribution in [-0.2, 0) is 19.5 Å². The average Bonchev–Trinajstić information content (AvgIpc) is 3.11. The van der Waals surface area contributed by atoms with E-state index in [0.29, 0.717) is 30.7 Å². The second kappa shape index (κ2) is 7.03. The van der Waals surface area contributed by atoms with Gasteiger partial charge in [-0.05, 0) is 36.6 Å². The Labute approximate surface area is 146 Å². The van der Waals surface area contributed by atoms with Crippen LogP contribution in [0.1, 0.15) is 23.9 Å². The van der Waals surface area contributed by atoms with Gasteiger partial charge in [0.15, 0.2) is 0 Å². The average molecular weight is 336 g/mol. The molecule has 3 heterocycles. The van der Waals surface area contributed by atoms with Gasteiger partial charge in [-0.3, -0.25) is 4.90 Å². The van der Waals surface area contributed by atoms with Crippen molar-refractivity contribution in [1.82, 2.24) is 20.0 Å². The molecule has 0 aliphatic carbocycles. The lowest BCUT2D eigenvalue weighted by Crippen LogP contribution is -2.30. The van der Waals surface area contributed by atoms with Gasteiger partial charge in [0.1, 0.15) is 0 Å². The molecule has 0 N–H and O–H groups in total. The first-order chi connectivity index (χ1) is 12.3. The summed E-state index contributed by atoms with van der Waals surface area (Å²) in [7, 11) is 0. The molecule has 6 heteroatoms. The van der Waals surface area contributed by atoms with E-state index in [1.165, 1.54) is 11.1 Å². The van der Waals surface area contributed by atoms with Gasteiger partial charge in [0.25, 0.3) is 0 Å². The van der Waals surface area contributed by atoms with Gasteiger partial charge < -0.3 is 9.26 Å². The Morgan fingerprint density at radius 2 is 2.04 bits per heavy atom. The number of aromatic nitrogens is 3. The molecule has 25 heavy (non-hydrogen) atoms. The topological polar surface area (TPSA) is 64.3 Å². The van der Waals surface area contributed by atoms with Crippen LogP contribution in [0, 0.1) is 0 Å². The Balaban J connectivity index is 1.49. The predicted molar refractivity (Wildman–Crippen MR) is 93.0 cm³/mol. The number of rotatable bonds is 5. The van der Waals surface area contributed by atoms with Gasteiger partial charge in [-0.25, -0.2) is 4.98 Å². The third kappa shape index (κ3) is 3.39. The molecule has 0 spiro atoms. The third-order valence-electron chi connectivity index (χ3n) is 4.33. The molecular formula is C19H20N4O2. The van der Waals surface area contributed by atoms with Crippen LogP contribution in [0.5, 0.6) is 5.88 Å². The van der Waals surface area contributed by atoms with Crippen LogP contribution in [-0.4, -0.2) is 33.2 Å². The smallest absolute Gasteiger partial charge is 0.241 e. The highest BCUT2D eigenvalue weighted by atomic mass is 16.5. The van der Waals surface area contributed by atoms with Crippen LogP contribution in [0.3, 0.4) is 0 Å². The van der Waals surface area contributed by atoms with E-state index in [-0.39, 0.29) is 0 Å². The molecule has 0 saturated carbocycles. The van der Waals surface area contributed by atoms with Gasteiger partial charge in [-0.1, -0.05) is 29.4 Å². The summed E-state index contributed by atoms with van der Waals surface area (Å²) in [6.45, 7) is 5.01. The van der Waals surface area contributed by atoms with Crippen molar-refractivity contribution in [3.05, 3.63) is 59.6 Å². The first-order valence-corrected chi connectivity index (χ1v) is 8.53. The van der Waals surface area contributed by atoms with E-state index in [2.05, 4.69) is 44.3 Å². The summed E-state index contributed by atoms with van der Waals surface area (Å²) in [5.41, 5.74) is 3.56. The number of hydrogen-bond donors (Lipinski definition) is 0. The zero-order valence-corrected chi connectivity index (χ0v) is 14.2.